The first-order valence-electron chi connectivity index (χ1n) is 8.35. The number of imidazole rings is 1. The van der Waals surface area contributed by atoms with Crippen molar-refractivity contribution in [2.45, 2.75) is 32.9 Å². The highest BCUT2D eigenvalue weighted by molar-refractivity contribution is 7.99. The second kappa shape index (κ2) is 7.33. The standard InChI is InChI=1S/C20H21N3O2S/c1-12-6-5-7-16(10-12)23-9-8-21-20(23)26-11-17(25)19-13(2)18(15(4)24)14(3)22-19/h5-10,22H,11H2,1-4H3. The summed E-state index contributed by atoms with van der Waals surface area (Å²) in [7, 11) is 0. The monoisotopic (exact) mass is 367 g/mol. The van der Waals surface area contributed by atoms with Crippen molar-refractivity contribution in [1.29, 1.82) is 0 Å². The fourth-order valence-electron chi connectivity index (χ4n) is 3.13. The maximum absolute atomic E-state index is 12.7. The van der Waals surface area contributed by atoms with E-state index < -0.39 is 0 Å². The van der Waals surface area contributed by atoms with Crippen molar-refractivity contribution in [3.63, 3.8) is 0 Å². The van der Waals surface area contributed by atoms with Gasteiger partial charge in [-0.15, -0.1) is 0 Å². The lowest BCUT2D eigenvalue weighted by Crippen LogP contribution is -2.07. The number of aromatic nitrogens is 3. The van der Waals surface area contributed by atoms with Gasteiger partial charge in [-0.05, 0) is 51.0 Å². The van der Waals surface area contributed by atoms with Crippen LogP contribution in [0.15, 0.2) is 41.8 Å². The number of carbonyl (C=O) groups excluding carboxylic acids is 2. The molecule has 0 amide bonds. The molecule has 1 aromatic carbocycles. The van der Waals surface area contributed by atoms with Crippen LogP contribution in [-0.2, 0) is 0 Å². The second-order valence-corrected chi connectivity index (χ2v) is 7.25. The predicted octanol–water partition coefficient (Wildman–Crippen LogP) is 4.30. The number of Topliss-reactive ketones (excluding diaryl/α,β-unsaturated/α-hetero) is 2. The van der Waals surface area contributed by atoms with Gasteiger partial charge in [-0.1, -0.05) is 23.9 Å². The number of hydrogen-bond acceptors (Lipinski definition) is 4. The Morgan fingerprint density at radius 1 is 1.23 bits per heavy atom. The Labute approximate surface area is 156 Å². The molecule has 0 saturated heterocycles. The Hall–Kier alpha value is -2.60. The molecule has 2 aromatic heterocycles. The van der Waals surface area contributed by atoms with Crippen molar-refractivity contribution in [3.8, 4) is 5.69 Å². The normalized spacial score (nSPS) is 10.9. The van der Waals surface area contributed by atoms with Crippen molar-refractivity contribution < 1.29 is 9.59 Å². The molecule has 0 bridgehead atoms. The number of H-pyrrole nitrogens is 1. The number of benzene rings is 1. The summed E-state index contributed by atoms with van der Waals surface area (Å²) < 4.78 is 1.97. The maximum atomic E-state index is 12.7. The van der Waals surface area contributed by atoms with Crippen LogP contribution in [0.25, 0.3) is 5.69 Å². The minimum absolute atomic E-state index is 0.0297. The number of rotatable bonds is 6. The number of hydrogen-bond donors (Lipinski definition) is 1. The lowest BCUT2D eigenvalue weighted by molar-refractivity contribution is 0.101. The summed E-state index contributed by atoms with van der Waals surface area (Å²) in [4.78, 5) is 31.8. The zero-order valence-electron chi connectivity index (χ0n) is 15.3. The molecule has 0 atom stereocenters. The van der Waals surface area contributed by atoms with Gasteiger partial charge in [0.2, 0.25) is 0 Å². The summed E-state index contributed by atoms with van der Waals surface area (Å²) in [6.07, 6.45) is 3.62. The van der Waals surface area contributed by atoms with Gasteiger partial charge in [0.05, 0.1) is 11.4 Å². The van der Waals surface area contributed by atoms with Crippen molar-refractivity contribution >= 4 is 23.3 Å². The molecule has 6 heteroatoms. The van der Waals surface area contributed by atoms with E-state index in [0.29, 0.717) is 11.3 Å². The van der Waals surface area contributed by atoms with E-state index in [1.807, 2.05) is 49.7 Å². The van der Waals surface area contributed by atoms with E-state index >= 15 is 0 Å². The van der Waals surface area contributed by atoms with E-state index in [2.05, 4.69) is 16.0 Å². The molecule has 5 nitrogen and oxygen atoms in total. The van der Waals surface area contributed by atoms with Crippen LogP contribution in [0, 0.1) is 20.8 Å². The number of aryl methyl sites for hydroxylation is 2. The number of nitrogens with zero attached hydrogens (tertiary/aromatic N) is 2. The highest BCUT2D eigenvalue weighted by Gasteiger charge is 2.20. The number of carbonyl (C=O) groups is 2. The first-order valence-corrected chi connectivity index (χ1v) is 9.33. The van der Waals surface area contributed by atoms with E-state index in [-0.39, 0.29) is 17.3 Å². The molecule has 0 unspecified atom stereocenters. The first-order chi connectivity index (χ1) is 12.4. The largest absolute Gasteiger partial charge is 0.355 e. The fourth-order valence-corrected chi connectivity index (χ4v) is 3.98. The van der Waals surface area contributed by atoms with Gasteiger partial charge in [0.25, 0.3) is 0 Å². The fraction of sp³-hybridized carbons (Fsp3) is 0.250. The minimum Gasteiger partial charge on any atom is -0.355 e. The van der Waals surface area contributed by atoms with Gasteiger partial charge in [0.15, 0.2) is 16.7 Å². The summed E-state index contributed by atoms with van der Waals surface area (Å²) in [6, 6.07) is 8.13. The van der Waals surface area contributed by atoms with E-state index in [9.17, 15) is 9.59 Å². The molecule has 0 aliphatic rings. The highest BCUT2D eigenvalue weighted by Crippen LogP contribution is 2.24. The van der Waals surface area contributed by atoms with Gasteiger partial charge in [-0.25, -0.2) is 4.98 Å². The highest BCUT2D eigenvalue weighted by atomic mass is 32.2. The van der Waals surface area contributed by atoms with Crippen LogP contribution in [-0.4, -0.2) is 31.9 Å². The van der Waals surface area contributed by atoms with Crippen LogP contribution in [0.3, 0.4) is 0 Å². The third-order valence-corrected chi connectivity index (χ3v) is 5.25. The van der Waals surface area contributed by atoms with Crippen molar-refractivity contribution in [3.05, 3.63) is 64.7 Å². The predicted molar refractivity (Wildman–Crippen MR) is 104 cm³/mol. The summed E-state index contributed by atoms with van der Waals surface area (Å²) in [5.41, 5.74) is 4.77. The zero-order chi connectivity index (χ0) is 18.8. The van der Waals surface area contributed by atoms with Gasteiger partial charge in [0, 0.05) is 29.3 Å². The van der Waals surface area contributed by atoms with E-state index in [1.54, 1.807) is 6.20 Å². The van der Waals surface area contributed by atoms with Crippen LogP contribution < -0.4 is 0 Å². The van der Waals surface area contributed by atoms with E-state index in [1.165, 1.54) is 18.7 Å². The average Bonchev–Trinajstić information content (AvgIpc) is 3.16. The quantitative estimate of drug-likeness (QED) is 0.521. The molecular weight excluding hydrogens is 346 g/mol. The molecule has 26 heavy (non-hydrogen) atoms. The van der Waals surface area contributed by atoms with Crippen molar-refractivity contribution in [1.82, 2.24) is 14.5 Å². The van der Waals surface area contributed by atoms with E-state index in [4.69, 9.17) is 0 Å². The average molecular weight is 367 g/mol. The first kappa shape index (κ1) is 18.2. The molecular formula is C20H21N3O2S. The molecule has 0 fully saturated rings. The zero-order valence-corrected chi connectivity index (χ0v) is 16.1. The molecule has 134 valence electrons. The molecule has 0 aliphatic heterocycles. The summed E-state index contributed by atoms with van der Waals surface area (Å²) in [5, 5.41) is 0.761. The number of aromatic amines is 1. The van der Waals surface area contributed by atoms with Gasteiger partial charge in [-0.2, -0.15) is 0 Å². The van der Waals surface area contributed by atoms with Gasteiger partial charge < -0.3 is 4.98 Å². The SMILES string of the molecule is CC(=O)c1c(C)[nH]c(C(=O)CSc2nccn2-c2cccc(C)c2)c1C. The number of thioether (sulfide) groups is 1. The number of ketones is 2. The summed E-state index contributed by atoms with van der Waals surface area (Å²) in [5.74, 6) is 0.181. The minimum atomic E-state index is -0.0399. The molecule has 0 saturated carbocycles. The molecule has 0 radical (unpaired) electrons. The summed E-state index contributed by atoms with van der Waals surface area (Å²) >= 11 is 1.39. The van der Waals surface area contributed by atoms with Crippen LogP contribution >= 0.6 is 11.8 Å². The molecule has 0 spiro atoms. The molecule has 3 aromatic rings. The molecule has 2 heterocycles. The maximum Gasteiger partial charge on any atom is 0.189 e. The van der Waals surface area contributed by atoms with Crippen LogP contribution in [0.1, 0.15) is 44.6 Å². The Morgan fingerprint density at radius 3 is 2.65 bits per heavy atom. The smallest absolute Gasteiger partial charge is 0.189 e. The molecule has 0 aliphatic carbocycles. The van der Waals surface area contributed by atoms with Crippen molar-refractivity contribution in [2.75, 3.05) is 5.75 Å². The van der Waals surface area contributed by atoms with Crippen LogP contribution in [0.5, 0.6) is 0 Å². The van der Waals surface area contributed by atoms with Gasteiger partial charge in [-0.3, -0.25) is 14.2 Å². The summed E-state index contributed by atoms with van der Waals surface area (Å²) in [6.45, 7) is 7.19. The third kappa shape index (κ3) is 3.51. The Balaban J connectivity index is 1.79. The third-order valence-electron chi connectivity index (χ3n) is 4.29. The van der Waals surface area contributed by atoms with Gasteiger partial charge in [0.1, 0.15) is 0 Å². The Bertz CT molecular complexity index is 985. The molecule has 1 N–H and O–H groups in total. The number of nitrogens with one attached hydrogen (secondary N) is 1. The topological polar surface area (TPSA) is 67.8 Å². The van der Waals surface area contributed by atoms with Gasteiger partial charge >= 0.3 is 0 Å². The van der Waals surface area contributed by atoms with Crippen molar-refractivity contribution in [2.24, 2.45) is 0 Å². The lowest BCUT2D eigenvalue weighted by atomic mass is 10.1. The lowest BCUT2D eigenvalue weighted by Gasteiger charge is -2.08. The Kier molecular flexibility index (Phi) is 5.13. The van der Waals surface area contributed by atoms with Crippen LogP contribution in [0.2, 0.25) is 0 Å². The second-order valence-electron chi connectivity index (χ2n) is 6.31. The Morgan fingerprint density at radius 2 is 2.00 bits per heavy atom. The van der Waals surface area contributed by atoms with E-state index in [0.717, 1.165) is 27.7 Å². The molecule has 3 rings (SSSR count). The van der Waals surface area contributed by atoms with Crippen LogP contribution in [0.4, 0.5) is 0 Å².